The van der Waals surface area contributed by atoms with Crippen LogP contribution in [-0.2, 0) is 6.54 Å². The van der Waals surface area contributed by atoms with Crippen LogP contribution in [0.15, 0.2) is 39.7 Å². The molecule has 1 aliphatic rings. The number of aromatic nitrogens is 2. The van der Waals surface area contributed by atoms with E-state index >= 15 is 0 Å². The summed E-state index contributed by atoms with van der Waals surface area (Å²) in [5, 5.41) is 0. The zero-order chi connectivity index (χ0) is 17.6. The molecule has 0 saturated heterocycles. The van der Waals surface area contributed by atoms with Crippen molar-refractivity contribution in [3.63, 3.8) is 0 Å². The van der Waals surface area contributed by atoms with Crippen LogP contribution in [0.5, 0.6) is 0 Å². The average Bonchev–Trinajstić information content (AvgIpc) is 3.38. The highest BCUT2D eigenvalue weighted by molar-refractivity contribution is 9.10. The fourth-order valence-electron chi connectivity index (χ4n) is 2.92. The molecule has 4 rings (SSSR count). The molecule has 0 radical (unpaired) electrons. The van der Waals surface area contributed by atoms with Crippen molar-refractivity contribution in [2.24, 2.45) is 0 Å². The summed E-state index contributed by atoms with van der Waals surface area (Å²) in [4.78, 5) is 21.3. The first-order valence-electron chi connectivity index (χ1n) is 8.28. The van der Waals surface area contributed by atoms with Crippen molar-refractivity contribution < 1.29 is 4.39 Å². The molecular formula is C18H17BrFN3OS. The highest BCUT2D eigenvalue weighted by Gasteiger charge is 2.29. The molecule has 3 aromatic rings. The van der Waals surface area contributed by atoms with E-state index in [1.54, 1.807) is 33.9 Å². The van der Waals surface area contributed by atoms with Crippen LogP contribution in [0.3, 0.4) is 0 Å². The van der Waals surface area contributed by atoms with Crippen LogP contribution in [0.2, 0.25) is 0 Å². The maximum atomic E-state index is 13.1. The lowest BCUT2D eigenvalue weighted by Crippen LogP contribution is -2.24. The maximum absolute atomic E-state index is 13.1. The number of nitrogens with zero attached hydrogens (tertiary/aromatic N) is 3. The lowest BCUT2D eigenvalue weighted by Gasteiger charge is -2.22. The first kappa shape index (κ1) is 16.7. The van der Waals surface area contributed by atoms with Gasteiger partial charge in [0.15, 0.2) is 4.96 Å². The van der Waals surface area contributed by atoms with Gasteiger partial charge in [-0.05, 0) is 65.9 Å². The third-order valence-electron chi connectivity index (χ3n) is 4.42. The number of halogens is 2. The number of thiazole rings is 1. The molecule has 2 aromatic heterocycles. The Bertz CT molecular complexity index is 978. The number of hydrogen-bond acceptors (Lipinski definition) is 4. The van der Waals surface area contributed by atoms with Crippen molar-refractivity contribution in [1.82, 2.24) is 9.38 Å². The second-order valence-electron chi connectivity index (χ2n) is 6.23. The monoisotopic (exact) mass is 421 g/mol. The predicted octanol–water partition coefficient (Wildman–Crippen LogP) is 4.56. The van der Waals surface area contributed by atoms with E-state index < -0.39 is 0 Å². The molecule has 1 aromatic carbocycles. The number of benzene rings is 1. The summed E-state index contributed by atoms with van der Waals surface area (Å²) in [6.07, 6.45) is 2.36. The van der Waals surface area contributed by atoms with Gasteiger partial charge in [0.1, 0.15) is 10.4 Å². The van der Waals surface area contributed by atoms with E-state index in [9.17, 15) is 9.18 Å². The van der Waals surface area contributed by atoms with Crippen LogP contribution in [0, 0.1) is 5.82 Å². The molecule has 0 bridgehead atoms. The average molecular weight is 422 g/mol. The molecule has 0 aliphatic heterocycles. The zero-order valence-electron chi connectivity index (χ0n) is 13.7. The van der Waals surface area contributed by atoms with Gasteiger partial charge in [-0.2, -0.15) is 0 Å². The van der Waals surface area contributed by atoms with Crippen molar-refractivity contribution in [2.45, 2.75) is 32.2 Å². The maximum Gasteiger partial charge on any atom is 0.259 e. The van der Waals surface area contributed by atoms with Crippen LogP contribution < -0.4 is 10.5 Å². The van der Waals surface area contributed by atoms with Crippen LogP contribution in [0.1, 0.15) is 36.3 Å². The van der Waals surface area contributed by atoms with E-state index in [1.165, 1.54) is 29.9 Å². The van der Waals surface area contributed by atoms with Gasteiger partial charge in [-0.15, -0.1) is 0 Å². The second kappa shape index (κ2) is 6.53. The minimum Gasteiger partial charge on any atom is -0.366 e. The highest BCUT2D eigenvalue weighted by atomic mass is 79.9. The van der Waals surface area contributed by atoms with Crippen LogP contribution in [0.4, 0.5) is 10.1 Å². The van der Waals surface area contributed by atoms with Crippen molar-refractivity contribution in [1.29, 1.82) is 0 Å². The summed E-state index contributed by atoms with van der Waals surface area (Å²) >= 11 is 5.16. The molecular weight excluding hydrogens is 405 g/mol. The van der Waals surface area contributed by atoms with Gasteiger partial charge in [0.05, 0.1) is 12.2 Å². The number of anilines is 1. The van der Waals surface area contributed by atoms with E-state index in [-0.39, 0.29) is 11.4 Å². The van der Waals surface area contributed by atoms with Crippen molar-refractivity contribution in [3.8, 4) is 0 Å². The Labute approximate surface area is 157 Å². The molecule has 0 N–H and O–H groups in total. The molecule has 25 heavy (non-hydrogen) atoms. The molecule has 7 heteroatoms. The van der Waals surface area contributed by atoms with E-state index in [2.05, 4.69) is 20.8 Å². The van der Waals surface area contributed by atoms with Gasteiger partial charge in [0, 0.05) is 23.2 Å². The molecule has 2 heterocycles. The summed E-state index contributed by atoms with van der Waals surface area (Å²) in [6, 6.07) is 7.98. The zero-order valence-corrected chi connectivity index (χ0v) is 16.1. The number of fused-ring (bicyclic) bond motifs is 1. The molecule has 0 unspecified atom stereocenters. The largest absolute Gasteiger partial charge is 0.366 e. The summed E-state index contributed by atoms with van der Waals surface area (Å²) in [5.74, 6) is 0.309. The number of hydrogen-bond donors (Lipinski definition) is 0. The Kier molecular flexibility index (Phi) is 4.37. The summed E-state index contributed by atoms with van der Waals surface area (Å²) < 4.78 is 15.6. The summed E-state index contributed by atoms with van der Waals surface area (Å²) in [6.45, 7) is 3.29. The normalized spacial score (nSPS) is 14.2. The van der Waals surface area contributed by atoms with Crippen molar-refractivity contribution in [3.05, 3.63) is 61.7 Å². The quantitative estimate of drug-likeness (QED) is 0.605. The molecule has 0 atom stereocenters. The predicted molar refractivity (Wildman–Crippen MR) is 102 cm³/mol. The van der Waals surface area contributed by atoms with E-state index in [0.717, 1.165) is 27.5 Å². The molecule has 1 saturated carbocycles. The van der Waals surface area contributed by atoms with Crippen LogP contribution in [0.25, 0.3) is 4.96 Å². The minimum atomic E-state index is -0.256. The molecule has 1 fully saturated rings. The third kappa shape index (κ3) is 3.22. The standard InChI is InChI=1S/C18H17BrFN3OS/c1-2-22(14-7-5-12(20)6-8-14)10-13-9-15(24)23-17(19)16(11-3-4-11)25-18(23)21-13/h5-9,11H,2-4,10H2,1H3. The first-order chi connectivity index (χ1) is 12.1. The summed E-state index contributed by atoms with van der Waals surface area (Å²) in [5.41, 5.74) is 1.58. The Morgan fingerprint density at radius 1 is 1.36 bits per heavy atom. The lowest BCUT2D eigenvalue weighted by molar-refractivity contribution is 0.627. The number of rotatable bonds is 5. The molecule has 1 aliphatic carbocycles. The van der Waals surface area contributed by atoms with Gasteiger partial charge in [-0.25, -0.2) is 13.8 Å². The van der Waals surface area contributed by atoms with Crippen LogP contribution in [-0.4, -0.2) is 15.9 Å². The van der Waals surface area contributed by atoms with E-state index in [4.69, 9.17) is 4.98 Å². The first-order valence-corrected chi connectivity index (χ1v) is 9.89. The van der Waals surface area contributed by atoms with E-state index in [0.29, 0.717) is 12.5 Å². The Hall–Kier alpha value is -1.73. The van der Waals surface area contributed by atoms with Crippen molar-refractivity contribution in [2.75, 3.05) is 11.4 Å². The highest BCUT2D eigenvalue weighted by Crippen LogP contribution is 2.46. The Balaban J connectivity index is 1.68. The van der Waals surface area contributed by atoms with Crippen LogP contribution >= 0.6 is 27.3 Å². The molecule has 130 valence electrons. The lowest BCUT2D eigenvalue weighted by atomic mass is 10.2. The molecule has 4 nitrogen and oxygen atoms in total. The fourth-order valence-corrected chi connectivity index (χ4v) is 5.15. The van der Waals surface area contributed by atoms with Crippen molar-refractivity contribution >= 4 is 37.9 Å². The van der Waals surface area contributed by atoms with Gasteiger partial charge < -0.3 is 4.90 Å². The molecule has 0 amide bonds. The van der Waals surface area contributed by atoms with Gasteiger partial charge in [0.25, 0.3) is 5.56 Å². The Morgan fingerprint density at radius 2 is 2.08 bits per heavy atom. The third-order valence-corrected chi connectivity index (χ3v) is 6.66. The van der Waals surface area contributed by atoms with E-state index in [1.807, 2.05) is 6.92 Å². The fraction of sp³-hybridized carbons (Fsp3) is 0.333. The topological polar surface area (TPSA) is 37.6 Å². The SMILES string of the molecule is CCN(Cc1cc(=O)n2c(Br)c(C3CC3)sc2n1)c1ccc(F)cc1. The second-order valence-corrected chi connectivity index (χ2v) is 7.99. The van der Waals surface area contributed by atoms with Gasteiger partial charge in [-0.3, -0.25) is 4.79 Å². The smallest absolute Gasteiger partial charge is 0.259 e. The summed E-state index contributed by atoms with van der Waals surface area (Å²) in [7, 11) is 0. The van der Waals surface area contributed by atoms with Gasteiger partial charge in [-0.1, -0.05) is 11.3 Å². The van der Waals surface area contributed by atoms with Gasteiger partial charge in [0.2, 0.25) is 0 Å². The minimum absolute atomic E-state index is 0.0646. The Morgan fingerprint density at radius 3 is 2.72 bits per heavy atom. The molecule has 0 spiro atoms. The van der Waals surface area contributed by atoms with Gasteiger partial charge >= 0.3 is 0 Å².